The summed E-state index contributed by atoms with van der Waals surface area (Å²) in [7, 11) is 0. The summed E-state index contributed by atoms with van der Waals surface area (Å²) in [4.78, 5) is 12.5. The first-order chi connectivity index (χ1) is 9.13. The predicted molar refractivity (Wildman–Crippen MR) is 66.3 cm³/mol. The molecule has 4 atom stereocenters. The Labute approximate surface area is 109 Å². The Hall–Kier alpha value is -1.57. The van der Waals surface area contributed by atoms with E-state index in [2.05, 4.69) is 15.0 Å². The lowest BCUT2D eigenvalue weighted by molar-refractivity contribution is -0.0355. The molecule has 0 spiro atoms. The molecule has 102 valence electrons. The number of ether oxygens (including phenoxy) is 1. The number of fused-ring (bicyclic) bond motifs is 1. The second-order valence-electron chi connectivity index (χ2n) is 4.74. The minimum Gasteiger partial charge on any atom is -0.388 e. The molecule has 19 heavy (non-hydrogen) atoms. The van der Waals surface area contributed by atoms with Gasteiger partial charge >= 0.3 is 0 Å². The van der Waals surface area contributed by atoms with E-state index in [1.165, 1.54) is 6.33 Å². The topological polar surface area (TPSA) is 93.3 Å². The smallest absolute Gasteiger partial charge is 0.165 e. The summed E-state index contributed by atoms with van der Waals surface area (Å²) in [6.07, 6.45) is 0.721. The van der Waals surface area contributed by atoms with Crippen molar-refractivity contribution < 1.29 is 14.9 Å². The standard InChI is InChI=1S/C12H16N4O3/c1-3-7-9(17)10(18)12(19-7)16-5-15-8-6(2)13-4-14-11(8)16/h4-5,7,9-10,12,17-18H,3H2,1-2H3/t7-,9-,10-,12-/m1/s1. The molecule has 1 aliphatic rings. The molecule has 0 unspecified atom stereocenters. The molecular formula is C12H16N4O3. The van der Waals surface area contributed by atoms with Crippen molar-refractivity contribution in [1.29, 1.82) is 0 Å². The van der Waals surface area contributed by atoms with Gasteiger partial charge in [0.1, 0.15) is 24.1 Å². The van der Waals surface area contributed by atoms with Gasteiger partial charge in [0.05, 0.1) is 18.1 Å². The van der Waals surface area contributed by atoms with E-state index in [9.17, 15) is 10.2 Å². The van der Waals surface area contributed by atoms with E-state index in [1.54, 1.807) is 10.9 Å². The second-order valence-corrected chi connectivity index (χ2v) is 4.74. The first-order valence-electron chi connectivity index (χ1n) is 6.29. The molecule has 3 rings (SSSR count). The van der Waals surface area contributed by atoms with Crippen LogP contribution in [0.15, 0.2) is 12.7 Å². The number of rotatable bonds is 2. The SMILES string of the molecule is CC[C@H]1O[C@@H](n2cnc3c(C)ncnc32)[C@H](O)[C@@H]1O. The van der Waals surface area contributed by atoms with Crippen molar-refractivity contribution in [3.8, 4) is 0 Å². The van der Waals surface area contributed by atoms with Gasteiger partial charge in [0.25, 0.3) is 0 Å². The molecule has 1 aliphatic heterocycles. The van der Waals surface area contributed by atoms with E-state index in [4.69, 9.17) is 4.74 Å². The normalized spacial score (nSPS) is 31.2. The number of aliphatic hydroxyl groups excluding tert-OH is 2. The molecule has 7 nitrogen and oxygen atoms in total. The zero-order valence-corrected chi connectivity index (χ0v) is 10.8. The molecular weight excluding hydrogens is 248 g/mol. The Kier molecular flexibility index (Phi) is 2.96. The first kappa shape index (κ1) is 12.5. The Bertz CT molecular complexity index is 600. The van der Waals surface area contributed by atoms with E-state index < -0.39 is 18.4 Å². The zero-order chi connectivity index (χ0) is 13.6. The fraction of sp³-hybridized carbons (Fsp3) is 0.583. The first-order valence-corrected chi connectivity index (χ1v) is 6.29. The van der Waals surface area contributed by atoms with Gasteiger partial charge in [0.15, 0.2) is 11.9 Å². The molecule has 2 aromatic heterocycles. The van der Waals surface area contributed by atoms with Gasteiger partial charge in [-0.2, -0.15) is 0 Å². The highest BCUT2D eigenvalue weighted by Gasteiger charge is 2.43. The molecule has 1 saturated heterocycles. The van der Waals surface area contributed by atoms with Gasteiger partial charge in [-0.05, 0) is 13.3 Å². The molecule has 2 aromatic rings. The van der Waals surface area contributed by atoms with Crippen LogP contribution in [0, 0.1) is 6.92 Å². The van der Waals surface area contributed by atoms with Crippen LogP contribution in [0.2, 0.25) is 0 Å². The highest BCUT2D eigenvalue weighted by Crippen LogP contribution is 2.32. The van der Waals surface area contributed by atoms with Gasteiger partial charge in [-0.25, -0.2) is 15.0 Å². The van der Waals surface area contributed by atoms with Gasteiger partial charge in [-0.1, -0.05) is 6.92 Å². The molecule has 0 bridgehead atoms. The van der Waals surface area contributed by atoms with Gasteiger partial charge < -0.3 is 14.9 Å². The maximum absolute atomic E-state index is 10.1. The molecule has 2 N–H and O–H groups in total. The summed E-state index contributed by atoms with van der Waals surface area (Å²) < 4.78 is 7.34. The van der Waals surface area contributed by atoms with Crippen LogP contribution in [-0.2, 0) is 4.74 Å². The van der Waals surface area contributed by atoms with Crippen LogP contribution in [0.25, 0.3) is 11.2 Å². The minimum absolute atomic E-state index is 0.375. The van der Waals surface area contributed by atoms with E-state index in [0.29, 0.717) is 17.6 Å². The number of aryl methyl sites for hydroxylation is 1. The molecule has 0 radical (unpaired) electrons. The fourth-order valence-electron chi connectivity index (χ4n) is 2.45. The Morgan fingerprint density at radius 1 is 1.26 bits per heavy atom. The summed E-state index contributed by atoms with van der Waals surface area (Å²) >= 11 is 0. The largest absolute Gasteiger partial charge is 0.388 e. The number of imidazole rings is 1. The third kappa shape index (κ3) is 1.81. The highest BCUT2D eigenvalue weighted by molar-refractivity contribution is 5.72. The maximum Gasteiger partial charge on any atom is 0.165 e. The molecule has 1 fully saturated rings. The molecule has 7 heteroatoms. The predicted octanol–water partition coefficient (Wildman–Crippen LogP) is 0.164. The number of hydrogen-bond donors (Lipinski definition) is 2. The number of hydrogen-bond acceptors (Lipinski definition) is 6. The Morgan fingerprint density at radius 2 is 2.05 bits per heavy atom. The van der Waals surface area contributed by atoms with Crippen LogP contribution in [0.5, 0.6) is 0 Å². The van der Waals surface area contributed by atoms with Crippen molar-refractivity contribution >= 4 is 11.2 Å². The van der Waals surface area contributed by atoms with Gasteiger partial charge in [0.2, 0.25) is 0 Å². The van der Waals surface area contributed by atoms with Crippen molar-refractivity contribution in [3.63, 3.8) is 0 Å². The molecule has 0 aliphatic carbocycles. The molecule has 0 saturated carbocycles. The van der Waals surface area contributed by atoms with Crippen molar-refractivity contribution in [1.82, 2.24) is 19.5 Å². The molecule has 0 amide bonds. The van der Waals surface area contributed by atoms with E-state index in [-0.39, 0.29) is 6.10 Å². The van der Waals surface area contributed by atoms with Crippen molar-refractivity contribution in [2.24, 2.45) is 0 Å². The number of aromatic nitrogens is 4. The van der Waals surface area contributed by atoms with Gasteiger partial charge in [0, 0.05) is 0 Å². The average molecular weight is 264 g/mol. The summed E-state index contributed by atoms with van der Waals surface area (Å²) in [5, 5.41) is 20.0. The lowest BCUT2D eigenvalue weighted by Crippen LogP contribution is -2.31. The van der Waals surface area contributed by atoms with Crippen molar-refractivity contribution in [2.45, 2.75) is 44.8 Å². The lowest BCUT2D eigenvalue weighted by Gasteiger charge is -2.16. The highest BCUT2D eigenvalue weighted by atomic mass is 16.6. The van der Waals surface area contributed by atoms with Crippen LogP contribution >= 0.6 is 0 Å². The average Bonchev–Trinajstić information content (AvgIpc) is 2.94. The Balaban J connectivity index is 2.04. The summed E-state index contributed by atoms with van der Waals surface area (Å²) in [6, 6.07) is 0. The minimum atomic E-state index is -0.988. The number of aliphatic hydroxyl groups is 2. The quantitative estimate of drug-likeness (QED) is 0.802. The summed E-state index contributed by atoms with van der Waals surface area (Å²) in [6.45, 7) is 3.75. The van der Waals surface area contributed by atoms with E-state index >= 15 is 0 Å². The van der Waals surface area contributed by atoms with E-state index in [1.807, 2.05) is 13.8 Å². The lowest BCUT2D eigenvalue weighted by atomic mass is 10.1. The summed E-state index contributed by atoms with van der Waals surface area (Å²) in [5.74, 6) is 0. The van der Waals surface area contributed by atoms with Gasteiger partial charge in [-0.3, -0.25) is 4.57 Å². The monoisotopic (exact) mass is 264 g/mol. The van der Waals surface area contributed by atoms with Crippen LogP contribution in [0.1, 0.15) is 25.3 Å². The number of nitrogens with zero attached hydrogens (tertiary/aromatic N) is 4. The van der Waals surface area contributed by atoms with Crippen LogP contribution < -0.4 is 0 Å². The van der Waals surface area contributed by atoms with E-state index in [0.717, 1.165) is 5.69 Å². The van der Waals surface area contributed by atoms with Crippen molar-refractivity contribution in [3.05, 3.63) is 18.3 Å². The molecule has 3 heterocycles. The fourth-order valence-corrected chi connectivity index (χ4v) is 2.45. The zero-order valence-electron chi connectivity index (χ0n) is 10.8. The second kappa shape index (κ2) is 4.52. The summed E-state index contributed by atoms with van der Waals surface area (Å²) in [5.41, 5.74) is 2.04. The van der Waals surface area contributed by atoms with Crippen LogP contribution in [0.4, 0.5) is 0 Å². The Morgan fingerprint density at radius 3 is 2.74 bits per heavy atom. The molecule has 0 aromatic carbocycles. The third-order valence-electron chi connectivity index (χ3n) is 3.56. The third-order valence-corrected chi connectivity index (χ3v) is 3.56. The van der Waals surface area contributed by atoms with Crippen LogP contribution in [0.3, 0.4) is 0 Å². The maximum atomic E-state index is 10.1. The van der Waals surface area contributed by atoms with Crippen molar-refractivity contribution in [2.75, 3.05) is 0 Å². The van der Waals surface area contributed by atoms with Gasteiger partial charge in [-0.15, -0.1) is 0 Å². The van der Waals surface area contributed by atoms with Crippen LogP contribution in [-0.4, -0.2) is 48.0 Å².